The van der Waals surface area contributed by atoms with E-state index in [2.05, 4.69) is 5.32 Å². The van der Waals surface area contributed by atoms with E-state index in [0.717, 1.165) is 0 Å². The number of hydrogen-bond acceptors (Lipinski definition) is 3. The summed E-state index contributed by atoms with van der Waals surface area (Å²) in [6.07, 6.45) is 0. The van der Waals surface area contributed by atoms with Gasteiger partial charge in [-0.1, -0.05) is 0 Å². The minimum Gasteiger partial charge on any atom is -0.358 e. The molecule has 0 atom stereocenters. The number of nitrogens with zero attached hydrogens (tertiary/aromatic N) is 2. The summed E-state index contributed by atoms with van der Waals surface area (Å²) in [5, 5.41) is 2.58. The van der Waals surface area contributed by atoms with Crippen LogP contribution in [0, 0.1) is 5.82 Å². The number of likely N-dealkylation sites (N-methyl/N-ethyl adjacent to an activating group) is 1. The van der Waals surface area contributed by atoms with Crippen molar-refractivity contribution >= 4 is 11.8 Å². The normalized spacial score (nSPS) is 16.0. The summed E-state index contributed by atoms with van der Waals surface area (Å²) in [7, 11) is 1.61. The standard InChI is InChI=1S/C14H18FN3O2/c1-16-13(19)10-17-6-8-18(9-7-17)14(20)11-2-4-12(15)5-3-11/h2-5H,6-10H2,1H3,(H,16,19). The summed E-state index contributed by atoms with van der Waals surface area (Å²) in [5.41, 5.74) is 0.492. The van der Waals surface area contributed by atoms with Gasteiger partial charge in [-0.05, 0) is 24.3 Å². The first-order valence-electron chi connectivity index (χ1n) is 6.58. The fourth-order valence-electron chi connectivity index (χ4n) is 2.17. The molecule has 20 heavy (non-hydrogen) atoms. The van der Waals surface area contributed by atoms with Crippen LogP contribution in [0.5, 0.6) is 0 Å². The molecule has 1 saturated heterocycles. The van der Waals surface area contributed by atoms with Crippen LogP contribution < -0.4 is 5.32 Å². The maximum atomic E-state index is 12.8. The minimum absolute atomic E-state index is 0.0247. The van der Waals surface area contributed by atoms with E-state index < -0.39 is 0 Å². The van der Waals surface area contributed by atoms with Crippen LogP contribution in [0.3, 0.4) is 0 Å². The van der Waals surface area contributed by atoms with Gasteiger partial charge in [0.25, 0.3) is 5.91 Å². The molecule has 0 spiro atoms. The Morgan fingerprint density at radius 3 is 2.30 bits per heavy atom. The molecule has 0 saturated carbocycles. The number of nitrogens with one attached hydrogen (secondary N) is 1. The van der Waals surface area contributed by atoms with E-state index in [1.807, 2.05) is 4.90 Å². The maximum absolute atomic E-state index is 12.8. The van der Waals surface area contributed by atoms with Gasteiger partial charge in [-0.15, -0.1) is 0 Å². The smallest absolute Gasteiger partial charge is 0.253 e. The van der Waals surface area contributed by atoms with Crippen molar-refractivity contribution in [2.75, 3.05) is 39.8 Å². The Hall–Kier alpha value is -1.95. The summed E-state index contributed by atoms with van der Waals surface area (Å²) in [5.74, 6) is -0.468. The quantitative estimate of drug-likeness (QED) is 0.867. The molecule has 0 radical (unpaired) electrons. The Kier molecular flexibility index (Phi) is 4.68. The SMILES string of the molecule is CNC(=O)CN1CCN(C(=O)c2ccc(F)cc2)CC1. The second-order valence-corrected chi connectivity index (χ2v) is 4.75. The molecule has 0 aromatic heterocycles. The highest BCUT2D eigenvalue weighted by Gasteiger charge is 2.22. The van der Waals surface area contributed by atoms with E-state index >= 15 is 0 Å². The Labute approximate surface area is 117 Å². The van der Waals surface area contributed by atoms with E-state index in [4.69, 9.17) is 0 Å². The molecule has 5 nitrogen and oxygen atoms in total. The van der Waals surface area contributed by atoms with Gasteiger partial charge >= 0.3 is 0 Å². The van der Waals surface area contributed by atoms with E-state index in [1.54, 1.807) is 11.9 Å². The summed E-state index contributed by atoms with van der Waals surface area (Å²) in [6.45, 7) is 2.84. The lowest BCUT2D eigenvalue weighted by atomic mass is 10.2. The van der Waals surface area contributed by atoms with Gasteiger partial charge < -0.3 is 10.2 Å². The van der Waals surface area contributed by atoms with Crippen molar-refractivity contribution in [3.63, 3.8) is 0 Å². The van der Waals surface area contributed by atoms with Crippen molar-refractivity contribution in [3.05, 3.63) is 35.6 Å². The zero-order valence-electron chi connectivity index (χ0n) is 11.4. The molecule has 1 aliphatic heterocycles. The Bertz CT molecular complexity index is 482. The average Bonchev–Trinajstić information content (AvgIpc) is 2.48. The lowest BCUT2D eigenvalue weighted by Crippen LogP contribution is -2.50. The van der Waals surface area contributed by atoms with E-state index in [9.17, 15) is 14.0 Å². The third-order valence-corrected chi connectivity index (χ3v) is 3.40. The van der Waals surface area contributed by atoms with Crippen molar-refractivity contribution in [2.45, 2.75) is 0 Å². The molecule has 1 heterocycles. The molecule has 1 aromatic rings. The predicted molar refractivity (Wildman–Crippen MR) is 72.8 cm³/mol. The van der Waals surface area contributed by atoms with Crippen molar-refractivity contribution in [1.82, 2.24) is 15.1 Å². The Morgan fingerprint density at radius 2 is 1.75 bits per heavy atom. The highest BCUT2D eigenvalue weighted by molar-refractivity contribution is 5.94. The molecule has 1 N–H and O–H groups in total. The van der Waals surface area contributed by atoms with Crippen LogP contribution in [0.4, 0.5) is 4.39 Å². The van der Waals surface area contributed by atoms with E-state index in [-0.39, 0.29) is 17.6 Å². The number of halogens is 1. The number of carbonyl (C=O) groups is 2. The van der Waals surface area contributed by atoms with Gasteiger partial charge in [-0.25, -0.2) is 4.39 Å². The first kappa shape index (κ1) is 14.5. The Balaban J connectivity index is 1.88. The maximum Gasteiger partial charge on any atom is 0.253 e. The molecule has 0 aliphatic carbocycles. The van der Waals surface area contributed by atoms with Gasteiger partial charge in [-0.2, -0.15) is 0 Å². The zero-order chi connectivity index (χ0) is 14.5. The highest BCUT2D eigenvalue weighted by Crippen LogP contribution is 2.09. The first-order valence-corrected chi connectivity index (χ1v) is 6.58. The van der Waals surface area contributed by atoms with Crippen LogP contribution in [0.1, 0.15) is 10.4 Å². The van der Waals surface area contributed by atoms with Crippen LogP contribution in [0.15, 0.2) is 24.3 Å². The molecule has 1 fully saturated rings. The molecule has 0 unspecified atom stereocenters. The summed E-state index contributed by atoms with van der Waals surface area (Å²) in [6, 6.07) is 5.56. The van der Waals surface area contributed by atoms with Crippen LogP contribution in [0.25, 0.3) is 0 Å². The molecule has 108 valence electrons. The van der Waals surface area contributed by atoms with Crippen molar-refractivity contribution < 1.29 is 14.0 Å². The second kappa shape index (κ2) is 6.47. The minimum atomic E-state index is -0.350. The average molecular weight is 279 g/mol. The van der Waals surface area contributed by atoms with Crippen LogP contribution in [-0.2, 0) is 4.79 Å². The van der Waals surface area contributed by atoms with E-state index in [1.165, 1.54) is 24.3 Å². The predicted octanol–water partition coefficient (Wildman–Crippen LogP) is 0.330. The van der Waals surface area contributed by atoms with Crippen molar-refractivity contribution in [3.8, 4) is 0 Å². The zero-order valence-corrected chi connectivity index (χ0v) is 11.4. The molecule has 1 aliphatic rings. The van der Waals surface area contributed by atoms with Gasteiger partial charge in [-0.3, -0.25) is 14.5 Å². The van der Waals surface area contributed by atoms with Gasteiger partial charge in [0.2, 0.25) is 5.91 Å². The summed E-state index contributed by atoms with van der Waals surface area (Å²) in [4.78, 5) is 27.2. The topological polar surface area (TPSA) is 52.7 Å². The monoisotopic (exact) mass is 279 g/mol. The van der Waals surface area contributed by atoms with Gasteiger partial charge in [0.1, 0.15) is 5.82 Å². The summed E-state index contributed by atoms with van der Waals surface area (Å²) >= 11 is 0. The number of benzene rings is 1. The summed E-state index contributed by atoms with van der Waals surface area (Å²) < 4.78 is 12.8. The first-order chi connectivity index (χ1) is 9.60. The fraction of sp³-hybridized carbons (Fsp3) is 0.429. The van der Waals surface area contributed by atoms with E-state index in [0.29, 0.717) is 38.3 Å². The van der Waals surface area contributed by atoms with Crippen molar-refractivity contribution in [2.24, 2.45) is 0 Å². The molecule has 2 amide bonds. The number of hydrogen-bond donors (Lipinski definition) is 1. The molecule has 1 aromatic carbocycles. The van der Waals surface area contributed by atoms with Crippen LogP contribution >= 0.6 is 0 Å². The Morgan fingerprint density at radius 1 is 1.15 bits per heavy atom. The molecule has 0 bridgehead atoms. The van der Waals surface area contributed by atoms with Crippen LogP contribution in [-0.4, -0.2) is 61.4 Å². The number of amides is 2. The molecule has 2 rings (SSSR count). The molecule has 6 heteroatoms. The number of rotatable bonds is 3. The molecular formula is C14H18FN3O2. The number of piperazine rings is 1. The van der Waals surface area contributed by atoms with Gasteiger partial charge in [0.15, 0.2) is 0 Å². The second-order valence-electron chi connectivity index (χ2n) is 4.75. The van der Waals surface area contributed by atoms with Crippen LogP contribution in [0.2, 0.25) is 0 Å². The van der Waals surface area contributed by atoms with Gasteiger partial charge in [0, 0.05) is 38.8 Å². The lowest BCUT2D eigenvalue weighted by molar-refractivity contribution is -0.122. The highest BCUT2D eigenvalue weighted by atomic mass is 19.1. The third kappa shape index (κ3) is 3.54. The number of carbonyl (C=O) groups excluding carboxylic acids is 2. The lowest BCUT2D eigenvalue weighted by Gasteiger charge is -2.34. The van der Waals surface area contributed by atoms with Crippen molar-refractivity contribution in [1.29, 1.82) is 0 Å². The molecular weight excluding hydrogens is 261 g/mol. The fourth-order valence-corrected chi connectivity index (χ4v) is 2.17. The third-order valence-electron chi connectivity index (χ3n) is 3.40. The largest absolute Gasteiger partial charge is 0.358 e. The van der Waals surface area contributed by atoms with Gasteiger partial charge in [0.05, 0.1) is 6.54 Å².